The van der Waals surface area contributed by atoms with Crippen LogP contribution in [0.25, 0.3) is 0 Å². The lowest BCUT2D eigenvalue weighted by molar-refractivity contribution is -0.383. The third-order valence-corrected chi connectivity index (χ3v) is 3.59. The number of benzene rings is 1. The number of rotatable bonds is 3. The molecule has 0 radical (unpaired) electrons. The summed E-state index contributed by atoms with van der Waals surface area (Å²) in [6.45, 7) is 2.79. The number of amides is 1. The topological polar surface area (TPSA) is 105 Å². The molecule has 1 aromatic carbocycles. The van der Waals surface area contributed by atoms with Gasteiger partial charge in [-0.15, -0.1) is 0 Å². The summed E-state index contributed by atoms with van der Waals surface area (Å²) < 4.78 is 0. The van der Waals surface area contributed by atoms with Gasteiger partial charge in [-0.2, -0.15) is 0 Å². The van der Waals surface area contributed by atoms with Crippen LogP contribution in [-0.2, 0) is 0 Å². The van der Waals surface area contributed by atoms with Crippen molar-refractivity contribution < 1.29 is 9.72 Å². The number of nitrogens with two attached hydrogens (primary N) is 1. The van der Waals surface area contributed by atoms with Crippen molar-refractivity contribution >= 4 is 34.6 Å². The first-order valence-electron chi connectivity index (χ1n) is 6.71. The van der Waals surface area contributed by atoms with Crippen LogP contribution in [0, 0.1) is 10.1 Å². The number of anilines is 1. The first-order chi connectivity index (χ1) is 10.4. The van der Waals surface area contributed by atoms with E-state index in [0.717, 1.165) is 13.1 Å². The highest BCUT2D eigenvalue weighted by molar-refractivity contribution is 7.80. The molecule has 0 spiro atoms. The van der Waals surface area contributed by atoms with E-state index < -0.39 is 4.92 Å². The van der Waals surface area contributed by atoms with Crippen LogP contribution < -0.4 is 11.1 Å². The summed E-state index contributed by atoms with van der Waals surface area (Å²) in [7, 11) is 1.99. The van der Waals surface area contributed by atoms with Crippen LogP contribution >= 0.6 is 12.2 Å². The number of nitro groups is 1. The van der Waals surface area contributed by atoms with E-state index in [2.05, 4.69) is 22.4 Å². The smallest absolute Gasteiger partial charge is 0.293 e. The maximum atomic E-state index is 12.4. The zero-order chi connectivity index (χ0) is 16.3. The van der Waals surface area contributed by atoms with Crippen molar-refractivity contribution in [3.63, 3.8) is 0 Å². The summed E-state index contributed by atoms with van der Waals surface area (Å²) in [4.78, 5) is 26.8. The molecule has 1 heterocycles. The molecule has 1 fully saturated rings. The van der Waals surface area contributed by atoms with E-state index in [-0.39, 0.29) is 28.0 Å². The van der Waals surface area contributed by atoms with Crippen molar-refractivity contribution in [2.24, 2.45) is 5.73 Å². The molecule has 118 valence electrons. The molecular formula is C13H17N5O3S. The Balaban J connectivity index is 2.24. The maximum absolute atomic E-state index is 12.4. The molecule has 1 aliphatic heterocycles. The van der Waals surface area contributed by atoms with E-state index in [1.165, 1.54) is 18.2 Å². The molecule has 0 aromatic heterocycles. The minimum atomic E-state index is -0.568. The Hall–Kier alpha value is -2.26. The van der Waals surface area contributed by atoms with Gasteiger partial charge in [-0.3, -0.25) is 14.9 Å². The van der Waals surface area contributed by atoms with Crippen LogP contribution in [0.2, 0.25) is 0 Å². The molecule has 3 N–H and O–H groups in total. The summed E-state index contributed by atoms with van der Waals surface area (Å²) in [5.74, 6) is -0.210. The molecule has 1 amide bonds. The lowest BCUT2D eigenvalue weighted by atomic mass is 10.1. The molecule has 9 heteroatoms. The van der Waals surface area contributed by atoms with Crippen LogP contribution in [-0.4, -0.2) is 59.0 Å². The minimum absolute atomic E-state index is 0.0683. The fraction of sp³-hybridized carbons (Fsp3) is 0.385. The molecule has 1 aliphatic rings. The Labute approximate surface area is 133 Å². The molecule has 2 rings (SSSR count). The van der Waals surface area contributed by atoms with Crippen molar-refractivity contribution in [1.82, 2.24) is 9.80 Å². The number of likely N-dealkylation sites (N-methyl/N-ethyl adjacent to an activating group) is 1. The molecule has 0 bridgehead atoms. The van der Waals surface area contributed by atoms with Gasteiger partial charge in [0.05, 0.1) is 4.92 Å². The van der Waals surface area contributed by atoms with Gasteiger partial charge in [0.2, 0.25) is 0 Å². The number of carbonyl (C=O) groups is 1. The van der Waals surface area contributed by atoms with Crippen LogP contribution in [0.1, 0.15) is 10.4 Å². The van der Waals surface area contributed by atoms with E-state index in [1.807, 2.05) is 7.05 Å². The summed E-state index contributed by atoms with van der Waals surface area (Å²) in [5, 5.41) is 13.6. The van der Waals surface area contributed by atoms with E-state index in [0.29, 0.717) is 13.1 Å². The fourth-order valence-corrected chi connectivity index (χ4v) is 2.36. The van der Waals surface area contributed by atoms with Crippen molar-refractivity contribution in [1.29, 1.82) is 0 Å². The van der Waals surface area contributed by atoms with Gasteiger partial charge in [0, 0.05) is 37.8 Å². The van der Waals surface area contributed by atoms with Crippen molar-refractivity contribution in [3.8, 4) is 0 Å². The summed E-state index contributed by atoms with van der Waals surface area (Å²) >= 11 is 4.69. The largest absolute Gasteiger partial charge is 0.376 e. The SMILES string of the molecule is CN1CCN(C(=O)c2ccc(NC(N)=S)c([N+](=O)[O-])c2)CC1. The van der Waals surface area contributed by atoms with Gasteiger partial charge in [0.15, 0.2) is 5.11 Å². The second-order valence-electron chi connectivity index (χ2n) is 5.07. The quantitative estimate of drug-likeness (QED) is 0.478. The number of nitro benzene ring substituents is 1. The predicted molar refractivity (Wildman–Crippen MR) is 86.9 cm³/mol. The number of nitrogens with zero attached hydrogens (tertiary/aromatic N) is 3. The van der Waals surface area contributed by atoms with Gasteiger partial charge >= 0.3 is 0 Å². The second-order valence-corrected chi connectivity index (χ2v) is 5.51. The molecule has 1 aromatic rings. The van der Waals surface area contributed by atoms with Crippen molar-refractivity contribution in [2.45, 2.75) is 0 Å². The molecule has 0 unspecified atom stereocenters. The van der Waals surface area contributed by atoms with E-state index in [9.17, 15) is 14.9 Å². The minimum Gasteiger partial charge on any atom is -0.376 e. The first kappa shape index (κ1) is 16.1. The summed E-state index contributed by atoms with van der Waals surface area (Å²) in [6, 6.07) is 4.23. The average Bonchev–Trinajstić information content (AvgIpc) is 2.47. The van der Waals surface area contributed by atoms with Crippen LogP contribution in [0.15, 0.2) is 18.2 Å². The molecule has 0 atom stereocenters. The second kappa shape index (κ2) is 6.67. The summed E-state index contributed by atoms with van der Waals surface area (Å²) in [5.41, 5.74) is 5.57. The van der Waals surface area contributed by atoms with E-state index >= 15 is 0 Å². The Morgan fingerprint density at radius 2 is 2.00 bits per heavy atom. The molecule has 8 nitrogen and oxygen atoms in total. The van der Waals surface area contributed by atoms with Gasteiger partial charge in [-0.1, -0.05) is 0 Å². The molecule has 22 heavy (non-hydrogen) atoms. The average molecular weight is 323 g/mol. The predicted octanol–water partition coefficient (Wildman–Crippen LogP) is 0.638. The van der Waals surface area contributed by atoms with Gasteiger partial charge in [0.1, 0.15) is 5.69 Å². The third-order valence-electron chi connectivity index (χ3n) is 3.49. The Morgan fingerprint density at radius 1 is 1.36 bits per heavy atom. The number of piperazine rings is 1. The maximum Gasteiger partial charge on any atom is 0.293 e. The molecule has 0 aliphatic carbocycles. The van der Waals surface area contributed by atoms with E-state index in [1.54, 1.807) is 4.90 Å². The van der Waals surface area contributed by atoms with Crippen LogP contribution in [0.3, 0.4) is 0 Å². The van der Waals surface area contributed by atoms with Gasteiger partial charge in [0.25, 0.3) is 11.6 Å². The molecule has 1 saturated heterocycles. The number of thiocarbonyl (C=S) groups is 1. The number of carbonyl (C=O) groups excluding carboxylic acids is 1. The number of nitrogens with one attached hydrogen (secondary N) is 1. The highest BCUT2D eigenvalue weighted by atomic mass is 32.1. The Bertz CT molecular complexity index is 614. The van der Waals surface area contributed by atoms with Crippen molar-refractivity contribution in [2.75, 3.05) is 38.5 Å². The third kappa shape index (κ3) is 3.68. The van der Waals surface area contributed by atoms with Gasteiger partial charge in [-0.25, -0.2) is 0 Å². The highest BCUT2D eigenvalue weighted by Gasteiger charge is 2.23. The molecular weight excluding hydrogens is 306 g/mol. The van der Waals surface area contributed by atoms with Crippen LogP contribution in [0.4, 0.5) is 11.4 Å². The van der Waals surface area contributed by atoms with Crippen LogP contribution in [0.5, 0.6) is 0 Å². The standard InChI is InChI=1S/C13H17N5O3S/c1-16-4-6-17(7-5-16)12(19)9-2-3-10(15-13(14)22)11(8-9)18(20)21/h2-3,8H,4-7H2,1H3,(H3,14,15,22). The fourth-order valence-electron chi connectivity index (χ4n) is 2.25. The summed E-state index contributed by atoms with van der Waals surface area (Å²) in [6.07, 6.45) is 0. The van der Waals surface area contributed by atoms with Crippen molar-refractivity contribution in [3.05, 3.63) is 33.9 Å². The number of hydrogen-bond donors (Lipinski definition) is 2. The zero-order valence-electron chi connectivity index (χ0n) is 12.1. The number of hydrogen-bond acceptors (Lipinski definition) is 5. The van der Waals surface area contributed by atoms with E-state index in [4.69, 9.17) is 5.73 Å². The lowest BCUT2D eigenvalue weighted by Gasteiger charge is -2.32. The lowest BCUT2D eigenvalue weighted by Crippen LogP contribution is -2.47. The zero-order valence-corrected chi connectivity index (χ0v) is 12.9. The van der Waals surface area contributed by atoms with Gasteiger partial charge < -0.3 is 20.9 Å². The first-order valence-corrected chi connectivity index (χ1v) is 7.12. The normalized spacial score (nSPS) is 15.4. The highest BCUT2D eigenvalue weighted by Crippen LogP contribution is 2.26. The monoisotopic (exact) mass is 323 g/mol. The molecule has 0 saturated carbocycles. The Kier molecular flexibility index (Phi) is 4.88. The Morgan fingerprint density at radius 3 is 2.55 bits per heavy atom. The van der Waals surface area contributed by atoms with Gasteiger partial charge in [-0.05, 0) is 31.4 Å².